The summed E-state index contributed by atoms with van der Waals surface area (Å²) in [5.41, 5.74) is 0.945. The van der Waals surface area contributed by atoms with Gasteiger partial charge in [0.1, 0.15) is 6.10 Å². The van der Waals surface area contributed by atoms with Gasteiger partial charge >= 0.3 is 0 Å². The van der Waals surface area contributed by atoms with Crippen LogP contribution in [-0.4, -0.2) is 29.5 Å². The highest BCUT2D eigenvalue weighted by Gasteiger charge is 2.20. The second-order valence-corrected chi connectivity index (χ2v) is 3.37. The van der Waals surface area contributed by atoms with Crippen molar-refractivity contribution in [3.05, 3.63) is 35.9 Å². The second kappa shape index (κ2) is 6.56. The quantitative estimate of drug-likeness (QED) is 0.748. The van der Waals surface area contributed by atoms with Gasteiger partial charge in [-0.05, 0) is 18.9 Å². The second-order valence-electron chi connectivity index (χ2n) is 3.37. The fraction of sp³-hybridized carbons (Fsp3) is 0.500. The molecule has 0 aliphatic carbocycles. The summed E-state index contributed by atoms with van der Waals surface area (Å²) in [4.78, 5) is 0. The minimum atomic E-state index is -0.655. The predicted octanol–water partition coefficient (Wildman–Crippen LogP) is 1.51. The first-order valence-electron chi connectivity index (χ1n) is 5.25. The van der Waals surface area contributed by atoms with E-state index in [0.29, 0.717) is 13.0 Å². The van der Waals surface area contributed by atoms with Gasteiger partial charge in [0.2, 0.25) is 0 Å². The van der Waals surface area contributed by atoms with E-state index in [1.165, 1.54) is 0 Å². The van der Waals surface area contributed by atoms with Crippen LogP contribution in [0.1, 0.15) is 25.0 Å². The number of aliphatic hydroxyl groups excluding tert-OH is 2. The Bertz CT molecular complexity index is 261. The molecule has 0 aromatic heterocycles. The van der Waals surface area contributed by atoms with Gasteiger partial charge in [-0.15, -0.1) is 0 Å². The SMILES string of the molecule is CCO[C@H](c1ccccc1)[C@H](O)CCO. The van der Waals surface area contributed by atoms with Crippen molar-refractivity contribution in [3.8, 4) is 0 Å². The molecule has 3 heteroatoms. The summed E-state index contributed by atoms with van der Waals surface area (Å²) in [7, 11) is 0. The summed E-state index contributed by atoms with van der Waals surface area (Å²) in [5.74, 6) is 0. The molecule has 0 saturated heterocycles. The summed E-state index contributed by atoms with van der Waals surface area (Å²) >= 11 is 0. The lowest BCUT2D eigenvalue weighted by molar-refractivity contribution is -0.0430. The standard InChI is InChI=1S/C12H18O3/c1-2-15-12(11(14)8-9-13)10-6-4-3-5-7-10/h3-7,11-14H,2,8-9H2,1H3/t11-,12-/m1/s1. The van der Waals surface area contributed by atoms with Crippen molar-refractivity contribution in [1.82, 2.24) is 0 Å². The van der Waals surface area contributed by atoms with Crippen LogP contribution in [0.5, 0.6) is 0 Å². The molecule has 0 heterocycles. The van der Waals surface area contributed by atoms with Gasteiger partial charge in [0.15, 0.2) is 0 Å². The molecule has 0 unspecified atom stereocenters. The largest absolute Gasteiger partial charge is 0.396 e. The minimum absolute atomic E-state index is 0.0302. The summed E-state index contributed by atoms with van der Waals surface area (Å²) < 4.78 is 5.48. The molecule has 0 radical (unpaired) electrons. The van der Waals surface area contributed by atoms with Crippen LogP contribution in [0.15, 0.2) is 30.3 Å². The number of rotatable bonds is 6. The maximum absolute atomic E-state index is 9.81. The summed E-state index contributed by atoms with van der Waals surface area (Å²) in [6.07, 6.45) is -0.666. The fourth-order valence-electron chi connectivity index (χ4n) is 1.54. The molecule has 1 aromatic carbocycles. The molecule has 15 heavy (non-hydrogen) atoms. The highest BCUT2D eigenvalue weighted by molar-refractivity contribution is 5.18. The van der Waals surface area contributed by atoms with Gasteiger partial charge in [-0.2, -0.15) is 0 Å². The van der Waals surface area contributed by atoms with E-state index in [4.69, 9.17) is 9.84 Å². The summed E-state index contributed by atoms with van der Waals surface area (Å²) in [5, 5.41) is 18.6. The third kappa shape index (κ3) is 3.63. The zero-order chi connectivity index (χ0) is 11.1. The lowest BCUT2D eigenvalue weighted by Gasteiger charge is -2.22. The van der Waals surface area contributed by atoms with Crippen molar-refractivity contribution in [2.45, 2.75) is 25.6 Å². The normalized spacial score (nSPS) is 14.9. The molecule has 0 bridgehead atoms. The summed E-state index contributed by atoms with van der Waals surface area (Å²) in [6, 6.07) is 9.58. The monoisotopic (exact) mass is 210 g/mol. The molecule has 2 N–H and O–H groups in total. The van der Waals surface area contributed by atoms with Gasteiger partial charge in [-0.3, -0.25) is 0 Å². The Kier molecular flexibility index (Phi) is 5.32. The van der Waals surface area contributed by atoms with Crippen LogP contribution >= 0.6 is 0 Å². The maximum Gasteiger partial charge on any atom is 0.108 e. The lowest BCUT2D eigenvalue weighted by atomic mass is 10.0. The Morgan fingerprint density at radius 3 is 2.47 bits per heavy atom. The van der Waals surface area contributed by atoms with E-state index >= 15 is 0 Å². The topological polar surface area (TPSA) is 49.7 Å². The van der Waals surface area contributed by atoms with Crippen LogP contribution in [0.2, 0.25) is 0 Å². The van der Waals surface area contributed by atoms with Crippen molar-refractivity contribution >= 4 is 0 Å². The third-order valence-corrected chi connectivity index (χ3v) is 2.25. The molecular formula is C12H18O3. The summed E-state index contributed by atoms with van der Waals surface area (Å²) in [6.45, 7) is 2.40. The Hall–Kier alpha value is -0.900. The van der Waals surface area contributed by atoms with Crippen LogP contribution in [-0.2, 0) is 4.74 Å². The van der Waals surface area contributed by atoms with Gasteiger partial charge in [0, 0.05) is 13.2 Å². The minimum Gasteiger partial charge on any atom is -0.396 e. The maximum atomic E-state index is 9.81. The van der Waals surface area contributed by atoms with E-state index in [1.807, 2.05) is 37.3 Å². The molecule has 1 rings (SSSR count). The van der Waals surface area contributed by atoms with E-state index in [9.17, 15) is 5.11 Å². The molecule has 0 spiro atoms. The van der Waals surface area contributed by atoms with Gasteiger partial charge in [0.25, 0.3) is 0 Å². The Morgan fingerprint density at radius 1 is 1.27 bits per heavy atom. The lowest BCUT2D eigenvalue weighted by Crippen LogP contribution is -2.22. The predicted molar refractivity (Wildman–Crippen MR) is 58.5 cm³/mol. The number of aliphatic hydroxyl groups is 2. The average Bonchev–Trinajstić information content (AvgIpc) is 2.27. The molecule has 0 aliphatic heterocycles. The number of benzene rings is 1. The van der Waals surface area contributed by atoms with E-state index in [2.05, 4.69) is 0 Å². The Morgan fingerprint density at radius 2 is 1.93 bits per heavy atom. The van der Waals surface area contributed by atoms with Crippen molar-refractivity contribution in [3.63, 3.8) is 0 Å². The number of hydrogen-bond donors (Lipinski definition) is 2. The van der Waals surface area contributed by atoms with Crippen molar-refractivity contribution in [2.75, 3.05) is 13.2 Å². The smallest absolute Gasteiger partial charge is 0.108 e. The number of ether oxygens (including phenoxy) is 1. The molecule has 3 nitrogen and oxygen atoms in total. The molecule has 0 saturated carbocycles. The van der Waals surface area contributed by atoms with E-state index in [-0.39, 0.29) is 12.7 Å². The third-order valence-electron chi connectivity index (χ3n) is 2.25. The Labute approximate surface area is 90.3 Å². The van der Waals surface area contributed by atoms with Gasteiger partial charge in [0.05, 0.1) is 6.10 Å². The highest BCUT2D eigenvalue weighted by Crippen LogP contribution is 2.22. The zero-order valence-electron chi connectivity index (χ0n) is 8.97. The molecule has 0 amide bonds. The molecule has 2 atom stereocenters. The first-order valence-corrected chi connectivity index (χ1v) is 5.25. The molecular weight excluding hydrogens is 192 g/mol. The van der Waals surface area contributed by atoms with Crippen molar-refractivity contribution in [1.29, 1.82) is 0 Å². The highest BCUT2D eigenvalue weighted by atomic mass is 16.5. The average molecular weight is 210 g/mol. The van der Waals surface area contributed by atoms with Crippen molar-refractivity contribution in [2.24, 2.45) is 0 Å². The zero-order valence-corrected chi connectivity index (χ0v) is 8.97. The van der Waals surface area contributed by atoms with Crippen molar-refractivity contribution < 1.29 is 14.9 Å². The van der Waals surface area contributed by atoms with Crippen LogP contribution in [0, 0.1) is 0 Å². The van der Waals surface area contributed by atoms with E-state index in [0.717, 1.165) is 5.56 Å². The number of hydrogen-bond acceptors (Lipinski definition) is 3. The first-order chi connectivity index (χ1) is 7.29. The van der Waals surface area contributed by atoms with Crippen LogP contribution in [0.25, 0.3) is 0 Å². The van der Waals surface area contributed by atoms with Gasteiger partial charge < -0.3 is 14.9 Å². The molecule has 84 valence electrons. The fourth-order valence-corrected chi connectivity index (χ4v) is 1.54. The first kappa shape index (κ1) is 12.2. The molecule has 0 fully saturated rings. The van der Waals surface area contributed by atoms with Crippen LogP contribution < -0.4 is 0 Å². The Balaban J connectivity index is 2.73. The molecule has 1 aromatic rings. The van der Waals surface area contributed by atoms with Gasteiger partial charge in [-0.25, -0.2) is 0 Å². The van der Waals surface area contributed by atoms with E-state index < -0.39 is 6.10 Å². The van der Waals surface area contributed by atoms with E-state index in [1.54, 1.807) is 0 Å². The van der Waals surface area contributed by atoms with Crippen LogP contribution in [0.3, 0.4) is 0 Å². The molecule has 0 aliphatic rings. The van der Waals surface area contributed by atoms with Crippen LogP contribution in [0.4, 0.5) is 0 Å². The van der Waals surface area contributed by atoms with Gasteiger partial charge in [-0.1, -0.05) is 30.3 Å².